The van der Waals surface area contributed by atoms with Crippen molar-refractivity contribution in [3.8, 4) is 0 Å². The minimum absolute atomic E-state index is 0.0269. The first-order valence-corrected chi connectivity index (χ1v) is 8.13. The van der Waals surface area contributed by atoms with Gasteiger partial charge in [0.05, 0.1) is 6.04 Å². The van der Waals surface area contributed by atoms with Crippen molar-refractivity contribution in [3.05, 3.63) is 74.8 Å². The topological polar surface area (TPSA) is 24.1 Å². The number of hydrogen-bond donors (Lipinski definition) is 2. The van der Waals surface area contributed by atoms with E-state index in [1.807, 2.05) is 18.2 Å². The highest BCUT2D eigenvalue weighted by atomic mass is 35.5. The van der Waals surface area contributed by atoms with Crippen LogP contribution in [0.3, 0.4) is 0 Å². The molecule has 0 bridgehead atoms. The molecule has 1 aliphatic carbocycles. The Morgan fingerprint density at radius 2 is 1.91 bits per heavy atom. The number of fused-ring (bicyclic) bond motifs is 2. The van der Waals surface area contributed by atoms with Crippen LogP contribution < -0.4 is 10.6 Å². The molecule has 0 saturated heterocycles. The smallest absolute Gasteiger partial charge is 0.171 e. The Balaban J connectivity index is 1.84. The molecule has 4 rings (SSSR count). The van der Waals surface area contributed by atoms with Crippen LogP contribution in [0.5, 0.6) is 0 Å². The average molecular weight is 347 g/mol. The molecule has 1 atom stereocenters. The van der Waals surface area contributed by atoms with E-state index in [1.54, 1.807) is 6.07 Å². The van der Waals surface area contributed by atoms with Gasteiger partial charge in [-0.2, -0.15) is 0 Å². The summed E-state index contributed by atoms with van der Waals surface area (Å²) >= 11 is 17.8. The highest BCUT2D eigenvalue weighted by Crippen LogP contribution is 2.41. The first-order chi connectivity index (χ1) is 10.6. The molecule has 2 aliphatic rings. The largest absolute Gasteiger partial charge is 0.352 e. The maximum atomic E-state index is 6.40. The molecule has 0 saturated carbocycles. The van der Waals surface area contributed by atoms with Gasteiger partial charge in [0.2, 0.25) is 0 Å². The summed E-state index contributed by atoms with van der Waals surface area (Å²) in [5.74, 6) is 0. The summed E-state index contributed by atoms with van der Waals surface area (Å²) in [4.78, 5) is 0. The molecule has 2 aromatic rings. The second-order valence-corrected chi connectivity index (χ2v) is 6.68. The third-order valence-electron chi connectivity index (χ3n) is 4.12. The van der Waals surface area contributed by atoms with Gasteiger partial charge in [0.1, 0.15) is 0 Å². The van der Waals surface area contributed by atoms with E-state index in [-0.39, 0.29) is 6.04 Å². The van der Waals surface area contributed by atoms with Crippen molar-refractivity contribution < 1.29 is 0 Å². The van der Waals surface area contributed by atoms with Crippen molar-refractivity contribution in [1.29, 1.82) is 0 Å². The van der Waals surface area contributed by atoms with E-state index < -0.39 is 0 Å². The Morgan fingerprint density at radius 1 is 1.09 bits per heavy atom. The number of hydrogen-bond acceptors (Lipinski definition) is 1. The van der Waals surface area contributed by atoms with Crippen LogP contribution >= 0.6 is 35.4 Å². The average Bonchev–Trinajstić information content (AvgIpc) is 2.85. The minimum Gasteiger partial charge on any atom is -0.352 e. The summed E-state index contributed by atoms with van der Waals surface area (Å²) in [6, 6.07) is 14.0. The van der Waals surface area contributed by atoms with Crippen LogP contribution in [0.15, 0.2) is 48.0 Å². The predicted molar refractivity (Wildman–Crippen MR) is 95.1 cm³/mol. The predicted octanol–water partition coefficient (Wildman–Crippen LogP) is 4.48. The second kappa shape index (κ2) is 5.27. The lowest BCUT2D eigenvalue weighted by atomic mass is 9.95. The highest BCUT2D eigenvalue weighted by molar-refractivity contribution is 7.80. The summed E-state index contributed by atoms with van der Waals surface area (Å²) in [6.07, 6.45) is 0.887. The van der Waals surface area contributed by atoms with Gasteiger partial charge in [-0.05, 0) is 47.5 Å². The van der Waals surface area contributed by atoms with E-state index in [2.05, 4.69) is 28.8 Å². The molecule has 0 spiro atoms. The Hall–Kier alpha value is -1.55. The fraction of sp³-hybridized carbons (Fsp3) is 0.118. The zero-order valence-electron chi connectivity index (χ0n) is 11.5. The van der Waals surface area contributed by atoms with Crippen LogP contribution in [-0.4, -0.2) is 5.11 Å². The highest BCUT2D eigenvalue weighted by Gasteiger charge is 2.33. The lowest BCUT2D eigenvalue weighted by molar-refractivity contribution is 0.708. The quantitative estimate of drug-likeness (QED) is 0.744. The minimum atomic E-state index is -0.0269. The van der Waals surface area contributed by atoms with Crippen molar-refractivity contribution in [3.63, 3.8) is 0 Å². The van der Waals surface area contributed by atoms with Crippen molar-refractivity contribution in [2.24, 2.45) is 0 Å². The molecule has 2 nitrogen and oxygen atoms in total. The summed E-state index contributed by atoms with van der Waals surface area (Å²) in [6.45, 7) is 0. The SMILES string of the molecule is S=C1NC2=C(Cc3ccccc32)C(c2ccc(Cl)cc2Cl)N1. The van der Waals surface area contributed by atoms with E-state index in [4.69, 9.17) is 35.4 Å². The number of thiocarbonyl (C=S) groups is 1. The molecule has 0 fully saturated rings. The molecule has 0 amide bonds. The van der Waals surface area contributed by atoms with E-state index in [1.165, 1.54) is 16.7 Å². The molecule has 1 unspecified atom stereocenters. The van der Waals surface area contributed by atoms with Crippen LogP contribution in [-0.2, 0) is 6.42 Å². The molecule has 22 heavy (non-hydrogen) atoms. The molecule has 0 aromatic heterocycles. The number of halogens is 2. The molecule has 110 valence electrons. The Labute approximate surface area is 144 Å². The van der Waals surface area contributed by atoms with Crippen molar-refractivity contribution in [2.45, 2.75) is 12.5 Å². The molecule has 2 N–H and O–H groups in total. The summed E-state index contributed by atoms with van der Waals surface area (Å²) in [5, 5.41) is 8.53. The van der Waals surface area contributed by atoms with E-state index in [0.717, 1.165) is 17.7 Å². The monoisotopic (exact) mass is 346 g/mol. The van der Waals surface area contributed by atoms with Crippen LogP contribution in [0.2, 0.25) is 10.0 Å². The van der Waals surface area contributed by atoms with Crippen LogP contribution in [0.1, 0.15) is 22.7 Å². The van der Waals surface area contributed by atoms with E-state index in [9.17, 15) is 0 Å². The van der Waals surface area contributed by atoms with Gasteiger partial charge in [-0.25, -0.2) is 0 Å². The number of nitrogens with one attached hydrogen (secondary N) is 2. The van der Waals surface area contributed by atoms with Gasteiger partial charge in [-0.15, -0.1) is 0 Å². The molecule has 1 aliphatic heterocycles. The molecular formula is C17H12Cl2N2S. The normalized spacial score (nSPS) is 19.4. The van der Waals surface area contributed by atoms with Crippen LogP contribution in [0.25, 0.3) is 5.70 Å². The van der Waals surface area contributed by atoms with Gasteiger partial charge in [0, 0.05) is 21.3 Å². The Kier molecular flexibility index (Phi) is 3.37. The van der Waals surface area contributed by atoms with Gasteiger partial charge in [-0.1, -0.05) is 53.5 Å². The van der Waals surface area contributed by atoms with Gasteiger partial charge in [0.15, 0.2) is 5.11 Å². The molecule has 2 aromatic carbocycles. The van der Waals surface area contributed by atoms with Gasteiger partial charge < -0.3 is 10.6 Å². The summed E-state index contributed by atoms with van der Waals surface area (Å²) < 4.78 is 0. The molecule has 0 radical (unpaired) electrons. The Bertz CT molecular complexity index is 829. The standard InChI is InChI=1S/C17H12Cl2N2S/c18-10-5-6-12(14(19)8-10)16-13-7-9-3-1-2-4-11(9)15(13)20-17(22)21-16/h1-6,8,16H,7H2,(H2,20,21,22). The zero-order chi connectivity index (χ0) is 15.3. The molecular weight excluding hydrogens is 335 g/mol. The lowest BCUT2D eigenvalue weighted by Crippen LogP contribution is -2.42. The zero-order valence-corrected chi connectivity index (χ0v) is 13.8. The third kappa shape index (κ3) is 2.21. The van der Waals surface area contributed by atoms with Gasteiger partial charge >= 0.3 is 0 Å². The maximum absolute atomic E-state index is 6.40. The van der Waals surface area contributed by atoms with E-state index in [0.29, 0.717) is 15.2 Å². The fourth-order valence-corrected chi connectivity index (χ4v) is 3.89. The van der Waals surface area contributed by atoms with Gasteiger partial charge in [0.25, 0.3) is 0 Å². The van der Waals surface area contributed by atoms with Crippen molar-refractivity contribution in [2.75, 3.05) is 0 Å². The lowest BCUT2D eigenvalue weighted by Gasteiger charge is -2.30. The van der Waals surface area contributed by atoms with Crippen LogP contribution in [0, 0.1) is 0 Å². The van der Waals surface area contributed by atoms with Crippen LogP contribution in [0.4, 0.5) is 0 Å². The first kappa shape index (κ1) is 14.1. The Morgan fingerprint density at radius 3 is 2.73 bits per heavy atom. The van der Waals surface area contributed by atoms with Gasteiger partial charge in [-0.3, -0.25) is 0 Å². The maximum Gasteiger partial charge on any atom is 0.171 e. The third-order valence-corrected chi connectivity index (χ3v) is 4.91. The summed E-state index contributed by atoms with van der Waals surface area (Å²) in [7, 11) is 0. The second-order valence-electron chi connectivity index (χ2n) is 5.43. The first-order valence-electron chi connectivity index (χ1n) is 6.97. The van der Waals surface area contributed by atoms with Crippen molar-refractivity contribution in [1.82, 2.24) is 10.6 Å². The molecule has 1 heterocycles. The fourth-order valence-electron chi connectivity index (χ4n) is 3.15. The number of benzene rings is 2. The van der Waals surface area contributed by atoms with E-state index >= 15 is 0 Å². The van der Waals surface area contributed by atoms with Crippen molar-refractivity contribution >= 4 is 46.2 Å². The number of rotatable bonds is 1. The molecule has 5 heteroatoms. The summed E-state index contributed by atoms with van der Waals surface area (Å²) in [5.41, 5.74) is 5.89.